The summed E-state index contributed by atoms with van der Waals surface area (Å²) in [6.07, 6.45) is 3.04. The monoisotopic (exact) mass is 402 g/mol. The number of piperidine rings is 1. The Labute approximate surface area is 171 Å². The summed E-state index contributed by atoms with van der Waals surface area (Å²) in [7, 11) is 1.62. The van der Waals surface area contributed by atoms with Crippen LogP contribution in [0.1, 0.15) is 38.2 Å². The number of hydrogen-bond donors (Lipinski definition) is 1. The molecule has 3 rings (SSSR count). The fourth-order valence-corrected chi connectivity index (χ4v) is 3.51. The highest BCUT2D eigenvalue weighted by atomic mass is 16.5. The number of hydrogen-bond acceptors (Lipinski definition) is 5. The Morgan fingerprint density at radius 1 is 1.07 bits per heavy atom. The number of carbonyl (C=O) groups is 3. The Morgan fingerprint density at radius 3 is 2.31 bits per heavy atom. The third kappa shape index (κ3) is 5.95. The molecular weight excluding hydrogens is 372 g/mol. The Bertz CT molecular complexity index is 721. The van der Waals surface area contributed by atoms with E-state index in [-0.39, 0.29) is 29.6 Å². The van der Waals surface area contributed by atoms with Gasteiger partial charge >= 0.3 is 5.97 Å². The van der Waals surface area contributed by atoms with Crippen LogP contribution in [0.3, 0.4) is 0 Å². The molecule has 1 aromatic carbocycles. The van der Waals surface area contributed by atoms with Crippen LogP contribution in [0.5, 0.6) is 5.75 Å². The van der Waals surface area contributed by atoms with Crippen LogP contribution >= 0.6 is 0 Å². The summed E-state index contributed by atoms with van der Waals surface area (Å²) >= 11 is 0. The molecule has 1 saturated carbocycles. The van der Waals surface area contributed by atoms with Gasteiger partial charge in [0.25, 0.3) is 5.91 Å². The Balaban J connectivity index is 1.35. The lowest BCUT2D eigenvalue weighted by Gasteiger charge is -2.31. The van der Waals surface area contributed by atoms with Crippen LogP contribution in [-0.4, -0.2) is 55.5 Å². The van der Waals surface area contributed by atoms with Crippen molar-refractivity contribution in [2.45, 2.75) is 45.1 Å². The van der Waals surface area contributed by atoms with Gasteiger partial charge in [-0.15, -0.1) is 0 Å². The summed E-state index contributed by atoms with van der Waals surface area (Å²) in [5, 5.41) is 2.81. The molecule has 0 aromatic heterocycles. The van der Waals surface area contributed by atoms with Crippen molar-refractivity contribution in [2.24, 2.45) is 11.8 Å². The topological polar surface area (TPSA) is 84.9 Å². The average molecular weight is 402 g/mol. The maximum atomic E-state index is 12.4. The standard InChI is InChI=1S/C22H30N2O5/c1-15(20(25)23-12-9-16-3-7-19(28-2)8-4-16)29-22(27)18-10-13-24(14-11-18)21(26)17-5-6-17/h3-4,7-8,15,17-18H,5-6,9-14H2,1-2H3,(H,23,25). The van der Waals surface area contributed by atoms with Crippen molar-refractivity contribution >= 4 is 17.8 Å². The maximum absolute atomic E-state index is 12.4. The first-order valence-electron chi connectivity index (χ1n) is 10.4. The lowest BCUT2D eigenvalue weighted by atomic mass is 9.96. The van der Waals surface area contributed by atoms with E-state index in [0.717, 1.165) is 24.2 Å². The molecule has 2 amide bonds. The van der Waals surface area contributed by atoms with E-state index in [2.05, 4.69) is 5.32 Å². The third-order valence-corrected chi connectivity index (χ3v) is 5.60. The van der Waals surface area contributed by atoms with Crippen LogP contribution in [0.4, 0.5) is 0 Å². The SMILES string of the molecule is COc1ccc(CCNC(=O)C(C)OC(=O)C2CCN(C(=O)C3CC3)CC2)cc1. The van der Waals surface area contributed by atoms with E-state index < -0.39 is 6.10 Å². The second-order valence-corrected chi connectivity index (χ2v) is 7.84. The molecule has 158 valence electrons. The molecule has 1 aliphatic heterocycles. The Kier molecular flexibility index (Phi) is 7.12. The van der Waals surface area contributed by atoms with Gasteiger partial charge < -0.3 is 19.7 Å². The van der Waals surface area contributed by atoms with Gasteiger partial charge in [-0.25, -0.2) is 0 Å². The molecule has 1 aromatic rings. The number of rotatable bonds is 8. The van der Waals surface area contributed by atoms with Gasteiger partial charge in [-0.1, -0.05) is 12.1 Å². The Hall–Kier alpha value is -2.57. The zero-order valence-electron chi connectivity index (χ0n) is 17.2. The van der Waals surface area contributed by atoms with Crippen molar-refractivity contribution in [1.82, 2.24) is 10.2 Å². The van der Waals surface area contributed by atoms with E-state index >= 15 is 0 Å². The molecule has 1 N–H and O–H groups in total. The van der Waals surface area contributed by atoms with E-state index in [1.165, 1.54) is 0 Å². The van der Waals surface area contributed by atoms with E-state index in [1.54, 1.807) is 14.0 Å². The summed E-state index contributed by atoms with van der Waals surface area (Å²) < 4.78 is 10.5. The second-order valence-electron chi connectivity index (χ2n) is 7.84. The first kappa shape index (κ1) is 21.1. The van der Waals surface area contributed by atoms with Crippen LogP contribution in [-0.2, 0) is 25.5 Å². The van der Waals surface area contributed by atoms with Crippen molar-refractivity contribution in [1.29, 1.82) is 0 Å². The zero-order chi connectivity index (χ0) is 20.8. The van der Waals surface area contributed by atoms with E-state index in [1.807, 2.05) is 29.2 Å². The van der Waals surface area contributed by atoms with Crippen molar-refractivity contribution in [2.75, 3.05) is 26.7 Å². The quantitative estimate of drug-likeness (QED) is 0.672. The predicted octanol–water partition coefficient (Wildman–Crippen LogP) is 1.93. The van der Waals surface area contributed by atoms with E-state index in [9.17, 15) is 14.4 Å². The van der Waals surface area contributed by atoms with Crippen molar-refractivity contribution in [3.05, 3.63) is 29.8 Å². The summed E-state index contributed by atoms with van der Waals surface area (Å²) in [4.78, 5) is 38.5. The number of carbonyl (C=O) groups excluding carboxylic acids is 3. The molecular formula is C22H30N2O5. The average Bonchev–Trinajstić information content (AvgIpc) is 3.59. The predicted molar refractivity (Wildman–Crippen MR) is 107 cm³/mol. The smallest absolute Gasteiger partial charge is 0.309 e. The lowest BCUT2D eigenvalue weighted by molar-refractivity contribution is -0.160. The minimum Gasteiger partial charge on any atom is -0.497 e. The number of ether oxygens (including phenoxy) is 2. The molecule has 1 saturated heterocycles. The molecule has 1 aliphatic carbocycles. The molecule has 0 radical (unpaired) electrons. The van der Waals surface area contributed by atoms with Crippen molar-refractivity contribution in [3.63, 3.8) is 0 Å². The highest BCUT2D eigenvalue weighted by molar-refractivity contribution is 5.84. The fourth-order valence-electron chi connectivity index (χ4n) is 3.51. The third-order valence-electron chi connectivity index (χ3n) is 5.60. The highest BCUT2D eigenvalue weighted by Gasteiger charge is 2.36. The number of nitrogens with one attached hydrogen (secondary N) is 1. The summed E-state index contributed by atoms with van der Waals surface area (Å²) in [6, 6.07) is 7.67. The highest BCUT2D eigenvalue weighted by Crippen LogP contribution is 2.32. The zero-order valence-corrected chi connectivity index (χ0v) is 17.2. The van der Waals surface area contributed by atoms with Gasteiger partial charge in [-0.3, -0.25) is 14.4 Å². The van der Waals surface area contributed by atoms with E-state index in [4.69, 9.17) is 9.47 Å². The molecule has 29 heavy (non-hydrogen) atoms. The van der Waals surface area contributed by atoms with Crippen LogP contribution in [0, 0.1) is 11.8 Å². The Morgan fingerprint density at radius 2 is 1.72 bits per heavy atom. The van der Waals surface area contributed by atoms with Gasteiger partial charge in [0.1, 0.15) is 5.75 Å². The second kappa shape index (κ2) is 9.76. The number of likely N-dealkylation sites (tertiary alicyclic amines) is 1. The molecule has 1 heterocycles. The van der Waals surface area contributed by atoms with Gasteiger partial charge in [-0.2, -0.15) is 0 Å². The molecule has 0 spiro atoms. The minimum atomic E-state index is -0.829. The molecule has 7 heteroatoms. The number of nitrogens with zero attached hydrogens (tertiary/aromatic N) is 1. The first-order valence-corrected chi connectivity index (χ1v) is 10.4. The van der Waals surface area contributed by atoms with Gasteiger partial charge in [-0.05, 0) is 56.7 Å². The summed E-state index contributed by atoms with van der Waals surface area (Å²) in [5.74, 6) is 0.338. The molecule has 1 atom stereocenters. The molecule has 2 aliphatic rings. The molecule has 2 fully saturated rings. The van der Waals surface area contributed by atoms with Crippen LogP contribution < -0.4 is 10.1 Å². The minimum absolute atomic E-state index is 0.208. The van der Waals surface area contributed by atoms with Gasteiger partial charge in [0.15, 0.2) is 6.10 Å². The molecule has 1 unspecified atom stereocenters. The van der Waals surface area contributed by atoms with E-state index in [0.29, 0.717) is 38.9 Å². The van der Waals surface area contributed by atoms with Crippen molar-refractivity contribution in [3.8, 4) is 5.75 Å². The summed E-state index contributed by atoms with van der Waals surface area (Å²) in [6.45, 7) is 3.25. The number of esters is 1. The van der Waals surface area contributed by atoms with Crippen molar-refractivity contribution < 1.29 is 23.9 Å². The number of methoxy groups -OCH3 is 1. The van der Waals surface area contributed by atoms with Crippen LogP contribution in [0.2, 0.25) is 0 Å². The maximum Gasteiger partial charge on any atom is 0.309 e. The molecule has 0 bridgehead atoms. The lowest BCUT2D eigenvalue weighted by Crippen LogP contribution is -2.43. The van der Waals surface area contributed by atoms with Gasteiger partial charge in [0.2, 0.25) is 5.91 Å². The fraction of sp³-hybridized carbons (Fsp3) is 0.591. The number of amides is 2. The first-order chi connectivity index (χ1) is 14.0. The van der Waals surface area contributed by atoms with Crippen LogP contribution in [0.25, 0.3) is 0 Å². The van der Waals surface area contributed by atoms with Gasteiger partial charge in [0, 0.05) is 25.6 Å². The summed E-state index contributed by atoms with van der Waals surface area (Å²) in [5.41, 5.74) is 1.09. The number of benzene rings is 1. The van der Waals surface area contributed by atoms with Crippen LogP contribution in [0.15, 0.2) is 24.3 Å². The normalized spacial score (nSPS) is 18.1. The largest absolute Gasteiger partial charge is 0.497 e. The molecule has 7 nitrogen and oxygen atoms in total. The van der Waals surface area contributed by atoms with Gasteiger partial charge in [0.05, 0.1) is 13.0 Å².